The van der Waals surface area contributed by atoms with Gasteiger partial charge in [-0.3, -0.25) is 4.90 Å². The molecule has 0 aromatic carbocycles. The van der Waals surface area contributed by atoms with Crippen LogP contribution in [0.5, 0.6) is 0 Å². The van der Waals surface area contributed by atoms with Crippen molar-refractivity contribution in [2.24, 2.45) is 0 Å². The third-order valence-electron chi connectivity index (χ3n) is 3.77. The molecule has 0 spiro atoms. The molecule has 1 aliphatic heterocycles. The molecule has 0 saturated heterocycles. The van der Waals surface area contributed by atoms with Crippen LogP contribution in [0.2, 0.25) is 5.15 Å². The second-order valence-corrected chi connectivity index (χ2v) is 5.70. The number of unbranched alkanes of at least 4 members (excludes halogenated alkanes) is 1. The lowest BCUT2D eigenvalue weighted by Crippen LogP contribution is -2.32. The average molecular weight is 294 g/mol. The molecule has 1 aliphatic rings. The molecule has 2 aromatic rings. The van der Waals surface area contributed by atoms with Gasteiger partial charge in [-0.15, -0.1) is 0 Å². The van der Waals surface area contributed by atoms with Gasteiger partial charge in [0.15, 0.2) is 5.15 Å². The minimum atomic E-state index is 0.621. The SMILES string of the molecule is CCCCc1nc(Cl)c(CN2CCn3cncc3C2)[nH]1. The molecule has 3 heterocycles. The van der Waals surface area contributed by atoms with E-state index in [1.807, 2.05) is 12.5 Å². The van der Waals surface area contributed by atoms with E-state index in [1.165, 1.54) is 12.1 Å². The van der Waals surface area contributed by atoms with Gasteiger partial charge in [-0.05, 0) is 6.42 Å². The summed E-state index contributed by atoms with van der Waals surface area (Å²) in [5.41, 5.74) is 2.30. The Labute approximate surface area is 124 Å². The van der Waals surface area contributed by atoms with Gasteiger partial charge in [0.05, 0.1) is 17.7 Å². The summed E-state index contributed by atoms with van der Waals surface area (Å²) >= 11 is 6.24. The molecule has 0 fully saturated rings. The predicted octanol–water partition coefficient (Wildman–Crippen LogP) is 2.62. The van der Waals surface area contributed by atoms with E-state index in [1.54, 1.807) is 0 Å². The van der Waals surface area contributed by atoms with Crippen molar-refractivity contribution < 1.29 is 0 Å². The Balaban J connectivity index is 1.65. The fourth-order valence-electron chi connectivity index (χ4n) is 2.60. The van der Waals surface area contributed by atoms with Crippen LogP contribution in [0.15, 0.2) is 12.5 Å². The first kappa shape index (κ1) is 13.6. The first-order valence-corrected chi connectivity index (χ1v) is 7.58. The number of H-pyrrole nitrogens is 1. The van der Waals surface area contributed by atoms with Gasteiger partial charge in [0.1, 0.15) is 5.82 Å². The Hall–Kier alpha value is -1.33. The van der Waals surface area contributed by atoms with E-state index in [0.717, 1.165) is 50.5 Å². The van der Waals surface area contributed by atoms with E-state index >= 15 is 0 Å². The summed E-state index contributed by atoms with van der Waals surface area (Å²) in [6.45, 7) is 5.93. The number of aromatic nitrogens is 4. The monoisotopic (exact) mass is 293 g/mol. The molecule has 3 rings (SSSR count). The molecule has 108 valence electrons. The third kappa shape index (κ3) is 2.88. The van der Waals surface area contributed by atoms with Gasteiger partial charge in [-0.2, -0.15) is 0 Å². The molecule has 0 amide bonds. The number of nitrogens with zero attached hydrogens (tertiary/aromatic N) is 4. The molecule has 0 saturated carbocycles. The van der Waals surface area contributed by atoms with Gasteiger partial charge >= 0.3 is 0 Å². The van der Waals surface area contributed by atoms with Gasteiger partial charge in [-0.25, -0.2) is 9.97 Å². The minimum absolute atomic E-state index is 0.621. The molecule has 0 radical (unpaired) electrons. The molecule has 20 heavy (non-hydrogen) atoms. The Morgan fingerprint density at radius 2 is 2.30 bits per heavy atom. The van der Waals surface area contributed by atoms with Crippen molar-refractivity contribution in [3.8, 4) is 0 Å². The summed E-state index contributed by atoms with van der Waals surface area (Å²) in [4.78, 5) is 14.4. The standard InChI is InChI=1S/C14H20ClN5/c1-2-3-4-13-17-12(14(15)18-13)9-19-5-6-20-10-16-7-11(20)8-19/h7,10H,2-6,8-9H2,1H3,(H,17,18). The van der Waals surface area contributed by atoms with E-state index in [2.05, 4.69) is 31.3 Å². The number of hydrogen-bond donors (Lipinski definition) is 1. The Kier molecular flexibility index (Phi) is 4.08. The zero-order valence-corrected chi connectivity index (χ0v) is 12.5. The highest BCUT2D eigenvalue weighted by Gasteiger charge is 2.18. The molecule has 0 atom stereocenters. The number of nitrogens with one attached hydrogen (secondary N) is 1. The van der Waals surface area contributed by atoms with E-state index in [-0.39, 0.29) is 0 Å². The highest BCUT2D eigenvalue weighted by atomic mass is 35.5. The quantitative estimate of drug-likeness (QED) is 0.922. The number of imidazole rings is 2. The Morgan fingerprint density at radius 3 is 3.15 bits per heavy atom. The van der Waals surface area contributed by atoms with Crippen molar-refractivity contribution in [1.82, 2.24) is 24.4 Å². The third-order valence-corrected chi connectivity index (χ3v) is 4.08. The van der Waals surface area contributed by atoms with E-state index < -0.39 is 0 Å². The van der Waals surface area contributed by atoms with Crippen molar-refractivity contribution in [2.75, 3.05) is 6.54 Å². The largest absolute Gasteiger partial charge is 0.344 e. The van der Waals surface area contributed by atoms with Crippen molar-refractivity contribution in [3.05, 3.63) is 34.9 Å². The number of aromatic amines is 1. The molecule has 0 bridgehead atoms. The summed E-state index contributed by atoms with van der Waals surface area (Å²) in [6, 6.07) is 0. The second kappa shape index (κ2) is 5.97. The fourth-order valence-corrected chi connectivity index (χ4v) is 2.81. The zero-order chi connectivity index (χ0) is 13.9. The normalized spacial score (nSPS) is 15.5. The van der Waals surface area contributed by atoms with Crippen LogP contribution in [0.4, 0.5) is 0 Å². The minimum Gasteiger partial charge on any atom is -0.344 e. The molecule has 5 nitrogen and oxygen atoms in total. The van der Waals surface area contributed by atoms with Crippen LogP contribution in [0.3, 0.4) is 0 Å². The summed E-state index contributed by atoms with van der Waals surface area (Å²) in [7, 11) is 0. The van der Waals surface area contributed by atoms with E-state index in [9.17, 15) is 0 Å². The van der Waals surface area contributed by atoms with Crippen molar-refractivity contribution in [1.29, 1.82) is 0 Å². The van der Waals surface area contributed by atoms with Crippen LogP contribution in [0.25, 0.3) is 0 Å². The highest BCUT2D eigenvalue weighted by Crippen LogP contribution is 2.19. The predicted molar refractivity (Wildman–Crippen MR) is 78.6 cm³/mol. The van der Waals surface area contributed by atoms with Crippen LogP contribution in [0, 0.1) is 0 Å². The van der Waals surface area contributed by atoms with Crippen LogP contribution in [-0.4, -0.2) is 31.0 Å². The maximum Gasteiger partial charge on any atom is 0.151 e. The topological polar surface area (TPSA) is 49.7 Å². The molecular formula is C14H20ClN5. The number of hydrogen-bond acceptors (Lipinski definition) is 3. The van der Waals surface area contributed by atoms with E-state index in [4.69, 9.17) is 11.6 Å². The lowest BCUT2D eigenvalue weighted by Gasteiger charge is -2.27. The maximum atomic E-state index is 6.24. The highest BCUT2D eigenvalue weighted by molar-refractivity contribution is 6.30. The van der Waals surface area contributed by atoms with Crippen LogP contribution >= 0.6 is 11.6 Å². The van der Waals surface area contributed by atoms with Crippen molar-refractivity contribution >= 4 is 11.6 Å². The lowest BCUT2D eigenvalue weighted by atomic mass is 10.2. The molecular weight excluding hydrogens is 274 g/mol. The van der Waals surface area contributed by atoms with E-state index in [0.29, 0.717) is 5.15 Å². The number of halogens is 1. The summed E-state index contributed by atoms with van der Waals surface area (Å²) in [6.07, 6.45) is 7.13. The molecule has 1 N–H and O–H groups in total. The van der Waals surface area contributed by atoms with Crippen LogP contribution in [0.1, 0.15) is 37.0 Å². The second-order valence-electron chi connectivity index (χ2n) is 5.35. The molecule has 2 aromatic heterocycles. The van der Waals surface area contributed by atoms with Gasteiger partial charge in [0, 0.05) is 38.8 Å². The first-order valence-electron chi connectivity index (χ1n) is 7.21. The van der Waals surface area contributed by atoms with Crippen LogP contribution in [-0.2, 0) is 26.1 Å². The molecule has 0 unspecified atom stereocenters. The summed E-state index contributed by atoms with van der Waals surface area (Å²) in [5, 5.41) is 0.621. The molecule has 0 aliphatic carbocycles. The van der Waals surface area contributed by atoms with Gasteiger partial charge in [-0.1, -0.05) is 24.9 Å². The average Bonchev–Trinajstić information content (AvgIpc) is 3.03. The van der Waals surface area contributed by atoms with Crippen molar-refractivity contribution in [2.45, 2.75) is 45.8 Å². The smallest absolute Gasteiger partial charge is 0.151 e. The number of fused-ring (bicyclic) bond motifs is 1. The number of rotatable bonds is 5. The number of aryl methyl sites for hydroxylation is 1. The van der Waals surface area contributed by atoms with Crippen LogP contribution < -0.4 is 0 Å². The van der Waals surface area contributed by atoms with Crippen molar-refractivity contribution in [3.63, 3.8) is 0 Å². The first-order chi connectivity index (χ1) is 9.76. The zero-order valence-electron chi connectivity index (χ0n) is 11.8. The maximum absolute atomic E-state index is 6.24. The summed E-state index contributed by atoms with van der Waals surface area (Å²) in [5.74, 6) is 1.01. The molecule has 6 heteroatoms. The lowest BCUT2D eigenvalue weighted by molar-refractivity contribution is 0.211. The Bertz CT molecular complexity index is 574. The fraction of sp³-hybridized carbons (Fsp3) is 0.571. The summed E-state index contributed by atoms with van der Waals surface area (Å²) < 4.78 is 2.21. The Morgan fingerprint density at radius 1 is 1.40 bits per heavy atom. The van der Waals surface area contributed by atoms with Gasteiger partial charge in [0.25, 0.3) is 0 Å². The van der Waals surface area contributed by atoms with Gasteiger partial charge < -0.3 is 9.55 Å². The van der Waals surface area contributed by atoms with Gasteiger partial charge in [0.2, 0.25) is 0 Å².